The van der Waals surface area contributed by atoms with Gasteiger partial charge in [-0.15, -0.1) is 0 Å². The molecule has 2 fully saturated rings. The molecule has 2 aliphatic heterocycles. The molecule has 1 unspecified atom stereocenters. The summed E-state index contributed by atoms with van der Waals surface area (Å²) in [6, 6.07) is 5.72. The van der Waals surface area contributed by atoms with Crippen molar-refractivity contribution in [1.82, 2.24) is 15.2 Å². The number of nitrogens with zero attached hydrogens (tertiary/aromatic N) is 3. The fourth-order valence-electron chi connectivity index (χ4n) is 3.97. The number of amides is 2. The van der Waals surface area contributed by atoms with E-state index < -0.39 is 0 Å². The highest BCUT2D eigenvalue weighted by atomic mass is 32.1. The third-order valence-electron chi connectivity index (χ3n) is 5.53. The summed E-state index contributed by atoms with van der Waals surface area (Å²) < 4.78 is 0.980. The smallest absolute Gasteiger partial charge is 0.251 e. The molecule has 2 aliphatic rings. The van der Waals surface area contributed by atoms with Gasteiger partial charge in [0.05, 0.1) is 22.9 Å². The molecule has 0 spiro atoms. The van der Waals surface area contributed by atoms with E-state index in [0.717, 1.165) is 54.1 Å². The lowest BCUT2D eigenvalue weighted by Crippen LogP contribution is -2.31. The van der Waals surface area contributed by atoms with Gasteiger partial charge >= 0.3 is 0 Å². The second kappa shape index (κ2) is 8.45. The first-order valence-corrected chi connectivity index (χ1v) is 10.8. The summed E-state index contributed by atoms with van der Waals surface area (Å²) in [5, 5.41) is 13.4. The molecule has 4 rings (SSSR count). The second-order valence-corrected chi connectivity index (χ2v) is 8.45. The van der Waals surface area contributed by atoms with Crippen LogP contribution in [-0.2, 0) is 4.79 Å². The summed E-state index contributed by atoms with van der Waals surface area (Å²) in [7, 11) is 0. The molecule has 2 saturated heterocycles. The maximum atomic E-state index is 12.5. The van der Waals surface area contributed by atoms with Gasteiger partial charge in [-0.3, -0.25) is 9.59 Å². The molecule has 150 valence electrons. The fraction of sp³-hybridized carbons (Fsp3) is 0.550. The van der Waals surface area contributed by atoms with Gasteiger partial charge in [-0.1, -0.05) is 11.3 Å². The Morgan fingerprint density at radius 2 is 2.21 bits per heavy atom. The van der Waals surface area contributed by atoms with Gasteiger partial charge in [0.25, 0.3) is 5.91 Å². The number of benzene rings is 1. The molecule has 0 bridgehead atoms. The summed E-state index contributed by atoms with van der Waals surface area (Å²) >= 11 is 1.57. The van der Waals surface area contributed by atoms with E-state index in [1.54, 1.807) is 17.4 Å². The highest BCUT2D eigenvalue weighted by Gasteiger charge is 2.26. The predicted octanol–water partition coefficient (Wildman–Crippen LogP) is 2.00. The Bertz CT molecular complexity index is 868. The summed E-state index contributed by atoms with van der Waals surface area (Å²) in [5.41, 5.74) is 1.51. The summed E-state index contributed by atoms with van der Waals surface area (Å²) in [6.07, 6.45) is 4.42. The number of aromatic nitrogens is 1. The zero-order chi connectivity index (χ0) is 19.5. The molecule has 0 aliphatic carbocycles. The summed E-state index contributed by atoms with van der Waals surface area (Å²) in [6.45, 7) is 3.16. The highest BCUT2D eigenvalue weighted by molar-refractivity contribution is 7.22. The van der Waals surface area contributed by atoms with Crippen molar-refractivity contribution in [2.75, 3.05) is 37.7 Å². The van der Waals surface area contributed by atoms with Crippen LogP contribution in [0.1, 0.15) is 42.5 Å². The first kappa shape index (κ1) is 19.1. The Hall–Kier alpha value is -2.19. The summed E-state index contributed by atoms with van der Waals surface area (Å²) in [5.74, 6) is 0.123. The van der Waals surface area contributed by atoms with Crippen molar-refractivity contribution in [2.45, 2.75) is 38.1 Å². The van der Waals surface area contributed by atoms with E-state index in [0.29, 0.717) is 25.1 Å². The van der Waals surface area contributed by atoms with E-state index in [4.69, 9.17) is 0 Å². The number of aliphatic hydroxyl groups excluding tert-OH is 1. The molecule has 8 heteroatoms. The first-order chi connectivity index (χ1) is 13.7. The largest absolute Gasteiger partial charge is 0.394 e. The van der Waals surface area contributed by atoms with E-state index in [2.05, 4.69) is 15.2 Å². The van der Waals surface area contributed by atoms with Crippen LogP contribution in [0.4, 0.5) is 5.13 Å². The molecule has 3 heterocycles. The average molecular weight is 403 g/mol. The van der Waals surface area contributed by atoms with Crippen molar-refractivity contribution in [3.8, 4) is 0 Å². The van der Waals surface area contributed by atoms with E-state index in [1.807, 2.05) is 17.0 Å². The Labute approximate surface area is 168 Å². The Balaban J connectivity index is 1.35. The van der Waals surface area contributed by atoms with Gasteiger partial charge in [0.15, 0.2) is 5.13 Å². The van der Waals surface area contributed by atoms with Crippen molar-refractivity contribution in [1.29, 1.82) is 0 Å². The van der Waals surface area contributed by atoms with Gasteiger partial charge in [0, 0.05) is 38.2 Å². The van der Waals surface area contributed by atoms with Crippen LogP contribution in [0.3, 0.4) is 0 Å². The number of fused-ring (bicyclic) bond motifs is 1. The Morgan fingerprint density at radius 1 is 1.32 bits per heavy atom. The van der Waals surface area contributed by atoms with Crippen LogP contribution in [0.2, 0.25) is 0 Å². The molecule has 2 N–H and O–H groups in total. The van der Waals surface area contributed by atoms with Gasteiger partial charge in [-0.05, 0) is 43.9 Å². The normalized spacial score (nSPS) is 19.8. The minimum absolute atomic E-state index is 0.0981. The maximum Gasteiger partial charge on any atom is 0.251 e. The maximum absolute atomic E-state index is 12.5. The van der Waals surface area contributed by atoms with Crippen molar-refractivity contribution in [2.24, 2.45) is 0 Å². The zero-order valence-electron chi connectivity index (χ0n) is 15.9. The number of hydrogen-bond donors (Lipinski definition) is 2. The van der Waals surface area contributed by atoms with Crippen LogP contribution in [0.5, 0.6) is 0 Å². The predicted molar refractivity (Wildman–Crippen MR) is 110 cm³/mol. The number of hydrogen-bond acceptors (Lipinski definition) is 6. The monoisotopic (exact) mass is 402 g/mol. The minimum Gasteiger partial charge on any atom is -0.394 e. The van der Waals surface area contributed by atoms with Crippen molar-refractivity contribution in [3.05, 3.63) is 23.8 Å². The number of thiazole rings is 1. The third-order valence-corrected chi connectivity index (χ3v) is 6.59. The molecule has 2 aromatic rings. The molecule has 7 nitrogen and oxygen atoms in total. The third kappa shape index (κ3) is 3.98. The first-order valence-electron chi connectivity index (χ1n) is 10.00. The minimum atomic E-state index is -0.0981. The molecule has 2 amide bonds. The van der Waals surface area contributed by atoms with E-state index in [1.165, 1.54) is 0 Å². The van der Waals surface area contributed by atoms with Gasteiger partial charge in [0.2, 0.25) is 5.91 Å². The number of anilines is 1. The van der Waals surface area contributed by atoms with Crippen LogP contribution in [0.15, 0.2) is 18.2 Å². The number of rotatable bonds is 7. The molecule has 0 radical (unpaired) electrons. The standard InChI is InChI=1S/C20H26N4O3S/c25-13-15-4-1-11-24(15)20-22-16-7-6-14(12-17(16)28-20)19(27)21-8-3-10-23-9-2-5-18(23)26/h6-7,12,15,25H,1-5,8-11,13H2,(H,21,27). The SMILES string of the molecule is O=C(NCCCN1CCCC1=O)c1ccc2nc(N3CCCC3CO)sc2c1. The van der Waals surface area contributed by atoms with Crippen LogP contribution in [0.25, 0.3) is 10.2 Å². The Morgan fingerprint density at radius 3 is 3.00 bits per heavy atom. The fourth-order valence-corrected chi connectivity index (χ4v) is 5.07. The molecular formula is C20H26N4O3S. The number of likely N-dealkylation sites (tertiary alicyclic amines) is 1. The van der Waals surface area contributed by atoms with Crippen LogP contribution in [-0.4, -0.2) is 65.6 Å². The average Bonchev–Trinajstić information content (AvgIpc) is 3.43. The molecule has 0 saturated carbocycles. The summed E-state index contributed by atoms with van der Waals surface area (Å²) in [4.78, 5) is 32.8. The van der Waals surface area contributed by atoms with Crippen molar-refractivity contribution in [3.63, 3.8) is 0 Å². The topological polar surface area (TPSA) is 85.8 Å². The van der Waals surface area contributed by atoms with Gasteiger partial charge in [-0.2, -0.15) is 0 Å². The second-order valence-electron chi connectivity index (χ2n) is 7.44. The molecule has 1 aromatic heterocycles. The number of carbonyl (C=O) groups excluding carboxylic acids is 2. The lowest BCUT2D eigenvalue weighted by Gasteiger charge is -2.21. The molecular weight excluding hydrogens is 376 g/mol. The molecule has 1 atom stereocenters. The van der Waals surface area contributed by atoms with Crippen molar-refractivity contribution >= 4 is 38.5 Å². The van der Waals surface area contributed by atoms with Gasteiger partial charge < -0.3 is 20.2 Å². The molecule has 1 aromatic carbocycles. The van der Waals surface area contributed by atoms with Crippen LogP contribution < -0.4 is 10.2 Å². The van der Waals surface area contributed by atoms with E-state index >= 15 is 0 Å². The van der Waals surface area contributed by atoms with Crippen LogP contribution >= 0.6 is 11.3 Å². The quantitative estimate of drug-likeness (QED) is 0.692. The highest BCUT2D eigenvalue weighted by Crippen LogP contribution is 2.33. The number of carbonyl (C=O) groups is 2. The van der Waals surface area contributed by atoms with Gasteiger partial charge in [0.1, 0.15) is 0 Å². The van der Waals surface area contributed by atoms with Gasteiger partial charge in [-0.25, -0.2) is 4.98 Å². The van der Waals surface area contributed by atoms with Crippen molar-refractivity contribution < 1.29 is 14.7 Å². The zero-order valence-corrected chi connectivity index (χ0v) is 16.7. The number of nitrogens with one attached hydrogen (secondary N) is 1. The lowest BCUT2D eigenvalue weighted by atomic mass is 10.2. The van der Waals surface area contributed by atoms with E-state index in [-0.39, 0.29) is 24.5 Å². The number of aliphatic hydroxyl groups is 1. The molecule has 28 heavy (non-hydrogen) atoms. The lowest BCUT2D eigenvalue weighted by molar-refractivity contribution is -0.127. The van der Waals surface area contributed by atoms with E-state index in [9.17, 15) is 14.7 Å². The van der Waals surface area contributed by atoms with Crippen LogP contribution in [0, 0.1) is 0 Å². The Kier molecular flexibility index (Phi) is 5.77.